The summed E-state index contributed by atoms with van der Waals surface area (Å²) in [4.78, 5) is 24.9. The van der Waals surface area contributed by atoms with Crippen LogP contribution in [-0.2, 0) is 9.53 Å². The summed E-state index contributed by atoms with van der Waals surface area (Å²) in [5.41, 5.74) is 0.690. The Morgan fingerprint density at radius 2 is 2.04 bits per heavy atom. The second-order valence-electron chi connectivity index (χ2n) is 6.20. The molecule has 2 aromatic rings. The van der Waals surface area contributed by atoms with Crippen molar-refractivity contribution in [2.45, 2.75) is 18.9 Å². The average molecular weight is 330 g/mol. The van der Waals surface area contributed by atoms with E-state index in [-0.39, 0.29) is 11.7 Å². The van der Waals surface area contributed by atoms with Crippen LogP contribution in [0.25, 0.3) is 10.9 Å². The Labute approximate surface area is 139 Å². The Balaban J connectivity index is 1.60. The van der Waals surface area contributed by atoms with E-state index < -0.39 is 6.10 Å². The van der Waals surface area contributed by atoms with Gasteiger partial charge in [0.2, 0.25) is 0 Å². The van der Waals surface area contributed by atoms with E-state index in [9.17, 15) is 9.18 Å². The molecule has 2 aliphatic heterocycles. The van der Waals surface area contributed by atoms with Crippen LogP contribution < -0.4 is 4.90 Å². The molecule has 126 valence electrons. The van der Waals surface area contributed by atoms with Crippen LogP contribution in [0.3, 0.4) is 0 Å². The summed E-state index contributed by atoms with van der Waals surface area (Å²) in [6.45, 7) is 3.11. The number of likely N-dealkylation sites (tertiary alicyclic amines) is 1. The summed E-state index contributed by atoms with van der Waals surface area (Å²) < 4.78 is 19.3. The van der Waals surface area contributed by atoms with Crippen molar-refractivity contribution < 1.29 is 13.9 Å². The van der Waals surface area contributed by atoms with Crippen molar-refractivity contribution >= 4 is 22.6 Å². The highest BCUT2D eigenvalue weighted by molar-refractivity contribution is 5.90. The predicted molar refractivity (Wildman–Crippen MR) is 87.3 cm³/mol. The van der Waals surface area contributed by atoms with E-state index in [0.717, 1.165) is 25.9 Å². The molecule has 7 heteroatoms. The van der Waals surface area contributed by atoms with Crippen molar-refractivity contribution in [3.8, 4) is 0 Å². The van der Waals surface area contributed by atoms with Gasteiger partial charge in [0.1, 0.15) is 18.0 Å². The van der Waals surface area contributed by atoms with E-state index in [4.69, 9.17) is 4.74 Å². The standard InChI is InChI=1S/C17H19FN4O2/c18-12-3-4-14-13(9-12)16(20-11-19-14)22-7-8-24-15(10-22)17(23)21-5-1-2-6-21/h3-4,9,11,15H,1-2,5-8,10H2. The lowest BCUT2D eigenvalue weighted by atomic mass is 10.2. The number of ether oxygens (including phenoxy) is 1. The third kappa shape index (κ3) is 2.80. The van der Waals surface area contributed by atoms with E-state index in [1.165, 1.54) is 18.5 Å². The third-order valence-electron chi connectivity index (χ3n) is 4.64. The maximum absolute atomic E-state index is 13.6. The number of anilines is 1. The second kappa shape index (κ2) is 6.32. The second-order valence-corrected chi connectivity index (χ2v) is 6.20. The van der Waals surface area contributed by atoms with Gasteiger partial charge in [0.25, 0.3) is 5.91 Å². The van der Waals surface area contributed by atoms with Gasteiger partial charge >= 0.3 is 0 Å². The summed E-state index contributed by atoms with van der Waals surface area (Å²) >= 11 is 0. The van der Waals surface area contributed by atoms with Gasteiger partial charge in [-0.2, -0.15) is 0 Å². The largest absolute Gasteiger partial charge is 0.365 e. The molecule has 0 radical (unpaired) electrons. The topological polar surface area (TPSA) is 58.6 Å². The molecule has 0 N–H and O–H groups in total. The van der Waals surface area contributed by atoms with Gasteiger partial charge in [-0.25, -0.2) is 14.4 Å². The van der Waals surface area contributed by atoms with Crippen molar-refractivity contribution in [2.24, 2.45) is 0 Å². The number of hydrogen-bond acceptors (Lipinski definition) is 5. The number of fused-ring (bicyclic) bond motifs is 1. The van der Waals surface area contributed by atoms with E-state index >= 15 is 0 Å². The van der Waals surface area contributed by atoms with Crippen LogP contribution in [0.1, 0.15) is 12.8 Å². The molecule has 1 amide bonds. The molecule has 4 rings (SSSR count). The van der Waals surface area contributed by atoms with Crippen LogP contribution >= 0.6 is 0 Å². The monoisotopic (exact) mass is 330 g/mol. The van der Waals surface area contributed by atoms with Crippen LogP contribution in [0.15, 0.2) is 24.5 Å². The predicted octanol–water partition coefficient (Wildman–Crippen LogP) is 1.60. The lowest BCUT2D eigenvalue weighted by Gasteiger charge is -2.35. The maximum atomic E-state index is 13.6. The number of hydrogen-bond donors (Lipinski definition) is 0. The number of benzene rings is 1. The minimum Gasteiger partial charge on any atom is -0.365 e. The molecule has 0 aliphatic carbocycles. The first-order valence-electron chi connectivity index (χ1n) is 8.28. The van der Waals surface area contributed by atoms with Crippen molar-refractivity contribution in [3.05, 3.63) is 30.3 Å². The molecule has 1 unspecified atom stereocenters. The van der Waals surface area contributed by atoms with Crippen molar-refractivity contribution in [2.75, 3.05) is 37.7 Å². The van der Waals surface area contributed by atoms with Crippen molar-refractivity contribution in [1.29, 1.82) is 0 Å². The number of morpholine rings is 1. The third-order valence-corrected chi connectivity index (χ3v) is 4.64. The van der Waals surface area contributed by atoms with Crippen molar-refractivity contribution in [3.63, 3.8) is 0 Å². The van der Waals surface area contributed by atoms with E-state index in [1.54, 1.807) is 6.07 Å². The summed E-state index contributed by atoms with van der Waals surface area (Å²) in [6.07, 6.45) is 3.09. The molecule has 0 saturated carbocycles. The molecule has 0 spiro atoms. The van der Waals surface area contributed by atoms with Gasteiger partial charge in [0.15, 0.2) is 6.10 Å². The first-order chi connectivity index (χ1) is 11.7. The summed E-state index contributed by atoms with van der Waals surface area (Å²) in [6, 6.07) is 4.47. The number of carbonyl (C=O) groups excluding carboxylic acids is 1. The van der Waals surface area contributed by atoms with Gasteiger partial charge in [0.05, 0.1) is 18.7 Å². The smallest absolute Gasteiger partial charge is 0.253 e. The summed E-state index contributed by atoms with van der Waals surface area (Å²) in [7, 11) is 0. The fourth-order valence-electron chi connectivity index (χ4n) is 3.40. The molecule has 1 aromatic carbocycles. The summed E-state index contributed by atoms with van der Waals surface area (Å²) in [5, 5.41) is 0.659. The lowest BCUT2D eigenvalue weighted by Crippen LogP contribution is -2.50. The van der Waals surface area contributed by atoms with Gasteiger partial charge in [-0.15, -0.1) is 0 Å². The molecule has 0 bridgehead atoms. The molecule has 2 aliphatic rings. The minimum absolute atomic E-state index is 0.0433. The Morgan fingerprint density at radius 3 is 2.88 bits per heavy atom. The zero-order valence-electron chi connectivity index (χ0n) is 13.3. The molecule has 1 atom stereocenters. The van der Waals surface area contributed by atoms with E-state index in [0.29, 0.717) is 36.4 Å². The SMILES string of the molecule is O=C(C1CN(c2ncnc3ccc(F)cc23)CCO1)N1CCCC1. The molecule has 24 heavy (non-hydrogen) atoms. The minimum atomic E-state index is -0.490. The molecular weight excluding hydrogens is 311 g/mol. The van der Waals surface area contributed by atoms with Gasteiger partial charge in [-0.1, -0.05) is 0 Å². The van der Waals surface area contributed by atoms with E-state index in [1.807, 2.05) is 9.80 Å². The van der Waals surface area contributed by atoms with Crippen LogP contribution in [0.2, 0.25) is 0 Å². The zero-order valence-corrected chi connectivity index (χ0v) is 13.3. The van der Waals surface area contributed by atoms with Crippen LogP contribution in [-0.4, -0.2) is 59.7 Å². The zero-order chi connectivity index (χ0) is 16.5. The fraction of sp³-hybridized carbons (Fsp3) is 0.471. The Morgan fingerprint density at radius 1 is 1.21 bits per heavy atom. The van der Waals surface area contributed by atoms with Gasteiger partial charge in [-0.05, 0) is 31.0 Å². The average Bonchev–Trinajstić information content (AvgIpc) is 3.15. The van der Waals surface area contributed by atoms with E-state index in [2.05, 4.69) is 9.97 Å². The van der Waals surface area contributed by atoms with Gasteiger partial charge in [-0.3, -0.25) is 4.79 Å². The summed E-state index contributed by atoms with van der Waals surface area (Å²) in [5.74, 6) is 0.375. The van der Waals surface area contributed by atoms with Crippen molar-refractivity contribution in [1.82, 2.24) is 14.9 Å². The Hall–Kier alpha value is -2.28. The van der Waals surface area contributed by atoms with Crippen LogP contribution in [0.5, 0.6) is 0 Å². The maximum Gasteiger partial charge on any atom is 0.253 e. The molecule has 1 aromatic heterocycles. The first kappa shape index (κ1) is 15.3. The van der Waals surface area contributed by atoms with Crippen LogP contribution in [0, 0.1) is 5.82 Å². The fourth-order valence-corrected chi connectivity index (χ4v) is 3.40. The number of nitrogens with zero attached hydrogens (tertiary/aromatic N) is 4. The lowest BCUT2D eigenvalue weighted by molar-refractivity contribution is -0.143. The normalized spacial score (nSPS) is 21.5. The molecular formula is C17H19FN4O2. The Bertz CT molecular complexity index is 763. The van der Waals surface area contributed by atoms with Crippen LogP contribution in [0.4, 0.5) is 10.2 Å². The molecule has 6 nitrogen and oxygen atoms in total. The number of carbonyl (C=O) groups is 1. The molecule has 2 saturated heterocycles. The highest BCUT2D eigenvalue weighted by atomic mass is 19.1. The van der Waals surface area contributed by atoms with Gasteiger partial charge in [0, 0.05) is 25.0 Å². The molecule has 2 fully saturated rings. The van der Waals surface area contributed by atoms with Gasteiger partial charge < -0.3 is 14.5 Å². The Kier molecular flexibility index (Phi) is 4.02. The highest BCUT2D eigenvalue weighted by Gasteiger charge is 2.32. The quantitative estimate of drug-likeness (QED) is 0.837. The molecule has 3 heterocycles. The number of rotatable bonds is 2. The first-order valence-corrected chi connectivity index (χ1v) is 8.28. The number of halogens is 1. The number of aromatic nitrogens is 2. The number of amides is 1. The highest BCUT2D eigenvalue weighted by Crippen LogP contribution is 2.26.